The first-order chi connectivity index (χ1) is 23.2. The number of amides is 1. The summed E-state index contributed by atoms with van der Waals surface area (Å²) >= 11 is 0. The topological polar surface area (TPSA) is 69.6 Å². The van der Waals surface area contributed by atoms with Crippen molar-refractivity contribution in [2.45, 2.75) is 238 Å². The molecule has 4 heteroatoms. The fourth-order valence-corrected chi connectivity index (χ4v) is 6.41. The van der Waals surface area contributed by atoms with Gasteiger partial charge in [-0.2, -0.15) is 0 Å². The van der Waals surface area contributed by atoms with Crippen LogP contribution >= 0.6 is 0 Å². The van der Waals surface area contributed by atoms with Crippen molar-refractivity contribution < 1.29 is 15.0 Å². The first kappa shape index (κ1) is 45.9. The van der Waals surface area contributed by atoms with E-state index in [1.54, 1.807) is 6.08 Å². The van der Waals surface area contributed by atoms with E-state index in [0.717, 1.165) is 25.7 Å². The zero-order valence-corrected chi connectivity index (χ0v) is 31.8. The molecule has 3 N–H and O–H groups in total. The third-order valence-electron chi connectivity index (χ3n) is 9.68. The number of nitrogens with one attached hydrogen (secondary N) is 1. The minimum Gasteiger partial charge on any atom is -0.394 e. The quantitative estimate of drug-likeness (QED) is 0.0455. The molecule has 0 aliphatic heterocycles. The van der Waals surface area contributed by atoms with Crippen molar-refractivity contribution in [2.75, 3.05) is 6.61 Å². The van der Waals surface area contributed by atoms with Gasteiger partial charge in [0.1, 0.15) is 0 Å². The highest BCUT2D eigenvalue weighted by Crippen LogP contribution is 2.14. The molecule has 0 spiro atoms. The summed E-state index contributed by atoms with van der Waals surface area (Å²) in [7, 11) is 0. The van der Waals surface area contributed by atoms with E-state index in [4.69, 9.17) is 0 Å². The van der Waals surface area contributed by atoms with E-state index < -0.39 is 12.1 Å². The second-order valence-electron chi connectivity index (χ2n) is 14.4. The van der Waals surface area contributed by atoms with Crippen molar-refractivity contribution in [3.8, 4) is 0 Å². The third kappa shape index (κ3) is 36.0. The van der Waals surface area contributed by atoms with Crippen LogP contribution in [0.3, 0.4) is 0 Å². The van der Waals surface area contributed by atoms with Gasteiger partial charge in [-0.25, -0.2) is 0 Å². The summed E-state index contributed by atoms with van der Waals surface area (Å²) in [6.07, 6.45) is 49.9. The number of carbonyl (C=O) groups excluding carboxylic acids is 1. The lowest BCUT2D eigenvalue weighted by Gasteiger charge is -2.20. The summed E-state index contributed by atoms with van der Waals surface area (Å²) in [5.74, 6) is -0.0655. The molecule has 0 fully saturated rings. The Kier molecular flexibility index (Phi) is 38.4. The van der Waals surface area contributed by atoms with Crippen LogP contribution in [0.2, 0.25) is 0 Å². The van der Waals surface area contributed by atoms with Crippen LogP contribution < -0.4 is 5.32 Å². The summed E-state index contributed by atoms with van der Waals surface area (Å²) in [4.78, 5) is 12.4. The van der Waals surface area contributed by atoms with Crippen LogP contribution in [0.5, 0.6) is 0 Å². The predicted molar refractivity (Wildman–Crippen MR) is 207 cm³/mol. The van der Waals surface area contributed by atoms with Crippen LogP contribution in [0.25, 0.3) is 0 Å². The van der Waals surface area contributed by atoms with Crippen LogP contribution in [-0.4, -0.2) is 34.9 Å². The molecule has 0 bridgehead atoms. The largest absolute Gasteiger partial charge is 0.394 e. The van der Waals surface area contributed by atoms with Crippen LogP contribution in [0.4, 0.5) is 0 Å². The second kappa shape index (κ2) is 39.3. The van der Waals surface area contributed by atoms with E-state index in [1.165, 1.54) is 180 Å². The van der Waals surface area contributed by atoms with Gasteiger partial charge in [-0.05, 0) is 44.9 Å². The van der Waals surface area contributed by atoms with E-state index in [9.17, 15) is 15.0 Å². The number of unbranched alkanes of at least 4 members (excludes halogenated alkanes) is 29. The monoisotopic (exact) mass is 662 g/mol. The van der Waals surface area contributed by atoms with Crippen LogP contribution in [0.15, 0.2) is 24.3 Å². The van der Waals surface area contributed by atoms with Gasteiger partial charge in [-0.1, -0.05) is 199 Å². The molecule has 0 radical (unpaired) electrons. The fourth-order valence-electron chi connectivity index (χ4n) is 6.41. The number of rotatable bonds is 38. The molecule has 0 heterocycles. The van der Waals surface area contributed by atoms with Gasteiger partial charge in [-0.15, -0.1) is 0 Å². The smallest absolute Gasteiger partial charge is 0.220 e. The van der Waals surface area contributed by atoms with E-state index in [-0.39, 0.29) is 12.5 Å². The normalized spacial score (nSPS) is 13.2. The van der Waals surface area contributed by atoms with E-state index in [2.05, 4.69) is 31.3 Å². The fraction of sp³-hybridized carbons (Fsp3) is 0.884. The van der Waals surface area contributed by atoms with Gasteiger partial charge >= 0.3 is 0 Å². The van der Waals surface area contributed by atoms with Crippen molar-refractivity contribution in [1.29, 1.82) is 0 Å². The Morgan fingerprint density at radius 3 is 1.17 bits per heavy atom. The van der Waals surface area contributed by atoms with Gasteiger partial charge in [-0.3, -0.25) is 4.79 Å². The Morgan fingerprint density at radius 2 is 0.809 bits per heavy atom. The van der Waals surface area contributed by atoms with E-state index >= 15 is 0 Å². The minimum absolute atomic E-state index is 0.0655. The summed E-state index contributed by atoms with van der Waals surface area (Å²) in [5, 5.41) is 23.0. The van der Waals surface area contributed by atoms with E-state index in [0.29, 0.717) is 6.42 Å². The molecule has 1 amide bonds. The first-order valence-electron chi connectivity index (χ1n) is 21.1. The number of hydrogen-bond acceptors (Lipinski definition) is 3. The Balaban J connectivity index is 3.55. The summed E-state index contributed by atoms with van der Waals surface area (Å²) in [5.41, 5.74) is 0. The van der Waals surface area contributed by atoms with Gasteiger partial charge in [0, 0.05) is 6.42 Å². The minimum atomic E-state index is -0.836. The molecule has 0 saturated heterocycles. The van der Waals surface area contributed by atoms with Gasteiger partial charge < -0.3 is 15.5 Å². The molecule has 4 nitrogen and oxygen atoms in total. The number of allylic oxidation sites excluding steroid dienone is 3. The van der Waals surface area contributed by atoms with Gasteiger partial charge in [0.25, 0.3) is 0 Å². The molecule has 47 heavy (non-hydrogen) atoms. The van der Waals surface area contributed by atoms with E-state index in [1.807, 2.05) is 6.08 Å². The van der Waals surface area contributed by atoms with Crippen molar-refractivity contribution >= 4 is 5.91 Å². The lowest BCUT2D eigenvalue weighted by molar-refractivity contribution is -0.123. The lowest BCUT2D eigenvalue weighted by Crippen LogP contribution is -2.45. The van der Waals surface area contributed by atoms with Gasteiger partial charge in [0.05, 0.1) is 18.8 Å². The number of aliphatic hydroxyl groups excluding tert-OH is 2. The van der Waals surface area contributed by atoms with Crippen LogP contribution in [-0.2, 0) is 4.79 Å². The SMILES string of the molecule is CCCCCCCCCC/C=C\CCCCCCCCCCCC(=O)NC(CO)C(O)/C=C/CCCCCCCCCCCCCC. The molecule has 0 saturated carbocycles. The Bertz CT molecular complexity index is 676. The molecule has 0 aliphatic rings. The third-order valence-corrected chi connectivity index (χ3v) is 9.68. The highest BCUT2D eigenvalue weighted by atomic mass is 16.3. The molecule has 278 valence electrons. The Morgan fingerprint density at radius 1 is 0.489 bits per heavy atom. The van der Waals surface area contributed by atoms with Crippen LogP contribution in [0.1, 0.15) is 226 Å². The van der Waals surface area contributed by atoms with Crippen molar-refractivity contribution in [3.63, 3.8) is 0 Å². The lowest BCUT2D eigenvalue weighted by atomic mass is 10.0. The van der Waals surface area contributed by atoms with Crippen molar-refractivity contribution in [1.82, 2.24) is 5.32 Å². The zero-order valence-electron chi connectivity index (χ0n) is 31.8. The molecule has 2 unspecified atom stereocenters. The van der Waals surface area contributed by atoms with Gasteiger partial charge in [0.2, 0.25) is 5.91 Å². The second-order valence-corrected chi connectivity index (χ2v) is 14.4. The molecular formula is C43H83NO3. The van der Waals surface area contributed by atoms with Crippen LogP contribution in [0, 0.1) is 0 Å². The number of carbonyl (C=O) groups is 1. The van der Waals surface area contributed by atoms with Gasteiger partial charge in [0.15, 0.2) is 0 Å². The Hall–Kier alpha value is -1.13. The molecule has 0 aliphatic carbocycles. The Labute approximate surface area is 294 Å². The molecular weight excluding hydrogens is 578 g/mol. The summed E-state index contributed by atoms with van der Waals surface area (Å²) in [6, 6.07) is -0.619. The maximum absolute atomic E-state index is 12.4. The average Bonchev–Trinajstić information content (AvgIpc) is 3.07. The number of hydrogen-bond donors (Lipinski definition) is 3. The molecule has 2 atom stereocenters. The molecule has 0 rings (SSSR count). The average molecular weight is 662 g/mol. The highest BCUT2D eigenvalue weighted by Gasteiger charge is 2.17. The van der Waals surface area contributed by atoms with Crippen molar-refractivity contribution in [3.05, 3.63) is 24.3 Å². The molecule has 0 aromatic carbocycles. The number of aliphatic hydroxyl groups is 2. The maximum atomic E-state index is 12.4. The predicted octanol–water partition coefficient (Wildman–Crippen LogP) is 12.8. The zero-order chi connectivity index (χ0) is 34.3. The van der Waals surface area contributed by atoms with Crippen molar-refractivity contribution in [2.24, 2.45) is 0 Å². The standard InChI is InChI=1S/C43H83NO3/c1-3-5-7-9-11-13-15-17-19-20-21-22-23-24-25-27-29-31-33-35-37-39-43(47)44-41(40-45)42(46)38-36-34-32-30-28-26-18-16-14-12-10-8-6-4-2/h20-21,36,38,41-42,45-46H,3-19,22-35,37,39-40H2,1-2H3,(H,44,47)/b21-20-,38-36+. The summed E-state index contributed by atoms with van der Waals surface area (Å²) < 4.78 is 0. The summed E-state index contributed by atoms with van der Waals surface area (Å²) in [6.45, 7) is 4.31. The first-order valence-corrected chi connectivity index (χ1v) is 21.1. The highest BCUT2D eigenvalue weighted by molar-refractivity contribution is 5.76. The maximum Gasteiger partial charge on any atom is 0.220 e. The molecule has 0 aromatic rings. The molecule has 0 aromatic heterocycles.